The van der Waals surface area contributed by atoms with Crippen LogP contribution in [0.1, 0.15) is 21.6 Å². The van der Waals surface area contributed by atoms with E-state index < -0.39 is 5.91 Å². The van der Waals surface area contributed by atoms with Gasteiger partial charge in [-0.15, -0.1) is 0 Å². The van der Waals surface area contributed by atoms with Gasteiger partial charge < -0.3 is 16.3 Å². The number of hydrogen-bond donors (Lipinski definition) is 3. The van der Waals surface area contributed by atoms with Crippen molar-refractivity contribution in [1.82, 2.24) is 4.98 Å². The number of nitrogens with zero attached hydrogens (tertiary/aromatic N) is 2. The zero-order chi connectivity index (χ0) is 15.4. The predicted molar refractivity (Wildman–Crippen MR) is 80.9 cm³/mol. The molecule has 0 fully saturated rings. The van der Waals surface area contributed by atoms with E-state index in [1.165, 1.54) is 12.3 Å². The maximum Gasteiger partial charge on any atom is 0.274 e. The predicted octanol–water partition coefficient (Wildman–Crippen LogP) is 2.39. The fourth-order valence-electron chi connectivity index (χ4n) is 1.80. The van der Waals surface area contributed by atoms with E-state index in [0.29, 0.717) is 22.0 Å². The van der Waals surface area contributed by atoms with Crippen LogP contribution in [0.5, 0.6) is 0 Å². The van der Waals surface area contributed by atoms with E-state index >= 15 is 0 Å². The average Bonchev–Trinajstić information content (AvgIpc) is 2.47. The van der Waals surface area contributed by atoms with Crippen molar-refractivity contribution >= 4 is 29.0 Å². The van der Waals surface area contributed by atoms with Gasteiger partial charge in [-0.05, 0) is 36.8 Å². The third-order valence-corrected chi connectivity index (χ3v) is 3.07. The second kappa shape index (κ2) is 6.23. The summed E-state index contributed by atoms with van der Waals surface area (Å²) >= 11 is 5.92. The molecule has 0 saturated heterocycles. The SMILES string of the molecule is Cc1cccnc1C(=O)Nc1cc(Cl)ccc1C(N)=NO. The van der Waals surface area contributed by atoms with Crippen molar-refractivity contribution in [3.63, 3.8) is 0 Å². The first-order chi connectivity index (χ1) is 10.0. The van der Waals surface area contributed by atoms with Gasteiger partial charge in [0.25, 0.3) is 5.91 Å². The molecule has 0 atom stereocenters. The van der Waals surface area contributed by atoms with Gasteiger partial charge >= 0.3 is 0 Å². The van der Waals surface area contributed by atoms with Gasteiger partial charge in [-0.1, -0.05) is 22.8 Å². The monoisotopic (exact) mass is 304 g/mol. The molecule has 1 amide bonds. The molecule has 0 unspecified atom stereocenters. The molecule has 0 saturated carbocycles. The van der Waals surface area contributed by atoms with Crippen molar-refractivity contribution in [2.24, 2.45) is 10.9 Å². The summed E-state index contributed by atoms with van der Waals surface area (Å²) in [5, 5.41) is 14.8. The summed E-state index contributed by atoms with van der Waals surface area (Å²) in [5.41, 5.74) is 7.32. The van der Waals surface area contributed by atoms with E-state index in [-0.39, 0.29) is 5.84 Å². The molecule has 108 valence electrons. The van der Waals surface area contributed by atoms with Gasteiger partial charge in [0.05, 0.1) is 5.69 Å². The van der Waals surface area contributed by atoms with Gasteiger partial charge in [0.2, 0.25) is 0 Å². The summed E-state index contributed by atoms with van der Waals surface area (Å²) in [5.74, 6) is -0.526. The minimum absolute atomic E-state index is 0.125. The number of nitrogens with one attached hydrogen (secondary N) is 1. The Bertz CT molecular complexity index is 716. The molecule has 1 aromatic heterocycles. The molecule has 0 spiro atoms. The zero-order valence-corrected chi connectivity index (χ0v) is 11.9. The molecule has 1 aromatic carbocycles. The number of nitrogens with two attached hydrogens (primary N) is 1. The molecule has 2 aromatic rings. The van der Waals surface area contributed by atoms with E-state index in [1.807, 2.05) is 0 Å². The fourth-order valence-corrected chi connectivity index (χ4v) is 1.97. The molecular formula is C14H13ClN4O2. The lowest BCUT2D eigenvalue weighted by Crippen LogP contribution is -2.20. The number of carbonyl (C=O) groups excluding carboxylic acids is 1. The van der Waals surface area contributed by atoms with Gasteiger partial charge in [0.1, 0.15) is 5.69 Å². The van der Waals surface area contributed by atoms with Crippen LogP contribution in [0.2, 0.25) is 5.02 Å². The highest BCUT2D eigenvalue weighted by Crippen LogP contribution is 2.22. The Morgan fingerprint density at radius 3 is 2.86 bits per heavy atom. The number of aryl methyl sites for hydroxylation is 1. The number of hydrogen-bond acceptors (Lipinski definition) is 4. The number of carbonyl (C=O) groups is 1. The standard InChI is InChI=1S/C14H13ClN4O2/c1-8-3-2-6-17-12(8)14(20)18-11-7-9(15)4-5-10(11)13(16)19-21/h2-7,21H,1H3,(H2,16,19)(H,18,20). The molecule has 0 aliphatic carbocycles. The normalized spacial score (nSPS) is 11.2. The molecular weight excluding hydrogens is 292 g/mol. The number of aromatic nitrogens is 1. The Hall–Kier alpha value is -2.60. The van der Waals surface area contributed by atoms with Crippen LogP contribution in [-0.4, -0.2) is 21.9 Å². The van der Waals surface area contributed by atoms with Crippen molar-refractivity contribution in [2.75, 3.05) is 5.32 Å². The highest BCUT2D eigenvalue weighted by Gasteiger charge is 2.14. The maximum absolute atomic E-state index is 12.2. The van der Waals surface area contributed by atoms with Gasteiger partial charge in [-0.3, -0.25) is 9.78 Å². The lowest BCUT2D eigenvalue weighted by Gasteiger charge is -2.11. The summed E-state index contributed by atoms with van der Waals surface area (Å²) in [7, 11) is 0. The van der Waals surface area contributed by atoms with Gasteiger partial charge in [-0.2, -0.15) is 0 Å². The molecule has 6 nitrogen and oxygen atoms in total. The first-order valence-corrected chi connectivity index (χ1v) is 6.41. The third kappa shape index (κ3) is 3.29. The zero-order valence-electron chi connectivity index (χ0n) is 11.2. The number of oxime groups is 1. The van der Waals surface area contributed by atoms with Crippen LogP contribution in [0.15, 0.2) is 41.7 Å². The highest BCUT2D eigenvalue weighted by molar-refractivity contribution is 6.31. The molecule has 1 heterocycles. The van der Waals surface area contributed by atoms with E-state index in [0.717, 1.165) is 5.56 Å². The van der Waals surface area contributed by atoms with Crippen LogP contribution in [0.25, 0.3) is 0 Å². The summed E-state index contributed by atoms with van der Waals surface area (Å²) in [6.07, 6.45) is 1.53. The van der Waals surface area contributed by atoms with Crippen LogP contribution >= 0.6 is 11.6 Å². The van der Waals surface area contributed by atoms with Crippen molar-refractivity contribution in [3.8, 4) is 0 Å². The van der Waals surface area contributed by atoms with E-state index in [2.05, 4.69) is 15.5 Å². The lowest BCUT2D eigenvalue weighted by atomic mass is 10.1. The molecule has 0 radical (unpaired) electrons. The number of amidine groups is 1. The van der Waals surface area contributed by atoms with Crippen molar-refractivity contribution < 1.29 is 10.0 Å². The number of anilines is 1. The smallest absolute Gasteiger partial charge is 0.274 e. The molecule has 4 N–H and O–H groups in total. The topological polar surface area (TPSA) is 101 Å². The Balaban J connectivity index is 2.37. The molecule has 0 bridgehead atoms. The molecule has 2 rings (SSSR count). The van der Waals surface area contributed by atoms with E-state index in [1.54, 1.807) is 31.2 Å². The van der Waals surface area contributed by atoms with Crippen molar-refractivity contribution in [1.29, 1.82) is 0 Å². The first-order valence-electron chi connectivity index (χ1n) is 6.03. The maximum atomic E-state index is 12.2. The Morgan fingerprint density at radius 1 is 1.43 bits per heavy atom. The molecule has 0 aliphatic heterocycles. The number of halogens is 1. The molecule has 7 heteroatoms. The minimum atomic E-state index is -0.401. The van der Waals surface area contributed by atoms with Crippen LogP contribution < -0.4 is 11.1 Å². The average molecular weight is 305 g/mol. The quantitative estimate of drug-likeness (QED) is 0.351. The first kappa shape index (κ1) is 14.8. The van der Waals surface area contributed by atoms with Crippen molar-refractivity contribution in [3.05, 3.63) is 58.4 Å². The largest absolute Gasteiger partial charge is 0.409 e. The summed E-state index contributed by atoms with van der Waals surface area (Å²) < 4.78 is 0. The van der Waals surface area contributed by atoms with Crippen molar-refractivity contribution in [2.45, 2.75) is 6.92 Å². The van der Waals surface area contributed by atoms with Crippen LogP contribution in [0, 0.1) is 6.92 Å². The number of pyridine rings is 1. The third-order valence-electron chi connectivity index (χ3n) is 2.84. The van der Waals surface area contributed by atoms with E-state index in [9.17, 15) is 4.79 Å². The molecule has 0 aliphatic rings. The highest BCUT2D eigenvalue weighted by atomic mass is 35.5. The molecule has 21 heavy (non-hydrogen) atoms. The summed E-state index contributed by atoms with van der Waals surface area (Å²) in [4.78, 5) is 16.3. The Labute approximate surface area is 126 Å². The van der Waals surface area contributed by atoms with Crippen LogP contribution in [0.4, 0.5) is 5.69 Å². The van der Waals surface area contributed by atoms with Crippen LogP contribution in [0.3, 0.4) is 0 Å². The van der Waals surface area contributed by atoms with Gasteiger partial charge in [0, 0.05) is 16.8 Å². The Kier molecular flexibility index (Phi) is 4.39. The van der Waals surface area contributed by atoms with Crippen LogP contribution in [-0.2, 0) is 0 Å². The second-order valence-electron chi connectivity index (χ2n) is 4.30. The number of rotatable bonds is 3. The number of amides is 1. The second-order valence-corrected chi connectivity index (χ2v) is 4.73. The summed E-state index contributed by atoms with van der Waals surface area (Å²) in [6, 6.07) is 8.18. The van der Waals surface area contributed by atoms with Gasteiger partial charge in [0.15, 0.2) is 5.84 Å². The van der Waals surface area contributed by atoms with E-state index in [4.69, 9.17) is 22.5 Å². The minimum Gasteiger partial charge on any atom is -0.409 e. The van der Waals surface area contributed by atoms with Gasteiger partial charge in [-0.25, -0.2) is 0 Å². The Morgan fingerprint density at radius 2 is 2.19 bits per heavy atom. The number of benzene rings is 1. The summed E-state index contributed by atoms with van der Waals surface area (Å²) in [6.45, 7) is 1.78. The fraction of sp³-hybridized carbons (Fsp3) is 0.0714. The lowest BCUT2D eigenvalue weighted by molar-refractivity contribution is 0.102.